The van der Waals surface area contributed by atoms with Crippen molar-refractivity contribution in [2.45, 2.75) is 57.4 Å². The molecule has 11 heteroatoms. The molecule has 1 aromatic carbocycles. The SMILES string of the molecule is Cc1[nH]c(C)c(S(=O)(=O)N2CCC(C(=O)NCc3ccc4c(c3)OCO4)CC2)c1C(=O)N1CCCCC1. The van der Waals surface area contributed by atoms with E-state index in [0.29, 0.717) is 55.4 Å². The van der Waals surface area contributed by atoms with Crippen LogP contribution in [0.25, 0.3) is 0 Å². The monoisotopic (exact) mass is 530 g/mol. The second-order valence-electron chi connectivity index (χ2n) is 10.0. The van der Waals surface area contributed by atoms with Crippen molar-refractivity contribution in [1.82, 2.24) is 19.5 Å². The number of nitrogens with one attached hydrogen (secondary N) is 2. The Bertz CT molecular complexity index is 1290. The van der Waals surface area contributed by atoms with Crippen LogP contribution in [-0.4, -0.2) is 67.4 Å². The first-order valence-electron chi connectivity index (χ1n) is 12.9. The van der Waals surface area contributed by atoms with Crippen molar-refractivity contribution in [2.75, 3.05) is 33.0 Å². The molecule has 2 amide bonds. The summed E-state index contributed by atoms with van der Waals surface area (Å²) in [7, 11) is -3.90. The lowest BCUT2D eigenvalue weighted by Crippen LogP contribution is -2.43. The van der Waals surface area contributed by atoms with E-state index in [9.17, 15) is 18.0 Å². The number of sulfonamides is 1. The molecule has 200 valence electrons. The van der Waals surface area contributed by atoms with Crippen LogP contribution in [0.2, 0.25) is 0 Å². The third kappa shape index (κ3) is 5.06. The highest BCUT2D eigenvalue weighted by Crippen LogP contribution is 2.33. The Morgan fingerprint density at radius 2 is 1.70 bits per heavy atom. The molecule has 0 aliphatic carbocycles. The Morgan fingerprint density at radius 3 is 2.43 bits per heavy atom. The third-order valence-corrected chi connectivity index (χ3v) is 9.57. The van der Waals surface area contributed by atoms with Gasteiger partial charge in [-0.05, 0) is 63.6 Å². The summed E-state index contributed by atoms with van der Waals surface area (Å²) < 4.78 is 39.6. The van der Waals surface area contributed by atoms with Crippen molar-refractivity contribution >= 4 is 21.8 Å². The molecule has 4 heterocycles. The quantitative estimate of drug-likeness (QED) is 0.593. The molecule has 0 spiro atoms. The molecule has 0 bridgehead atoms. The second kappa shape index (κ2) is 10.4. The summed E-state index contributed by atoms with van der Waals surface area (Å²) in [6, 6.07) is 5.55. The van der Waals surface area contributed by atoms with E-state index in [-0.39, 0.29) is 48.1 Å². The zero-order valence-corrected chi connectivity index (χ0v) is 22.2. The molecule has 2 N–H and O–H groups in total. The maximum absolute atomic E-state index is 13.7. The van der Waals surface area contributed by atoms with Crippen molar-refractivity contribution in [2.24, 2.45) is 5.92 Å². The molecule has 2 fully saturated rings. The fourth-order valence-electron chi connectivity index (χ4n) is 5.47. The molecule has 0 unspecified atom stereocenters. The summed E-state index contributed by atoms with van der Waals surface area (Å²) in [5.74, 6) is 0.766. The van der Waals surface area contributed by atoms with Crippen LogP contribution < -0.4 is 14.8 Å². The number of benzene rings is 1. The number of ether oxygens (including phenoxy) is 2. The van der Waals surface area contributed by atoms with Gasteiger partial charge < -0.3 is 24.7 Å². The Labute approximate surface area is 217 Å². The Morgan fingerprint density at radius 1 is 1.00 bits per heavy atom. The van der Waals surface area contributed by atoms with E-state index >= 15 is 0 Å². The lowest BCUT2D eigenvalue weighted by molar-refractivity contribution is -0.126. The van der Waals surface area contributed by atoms with Crippen molar-refractivity contribution in [3.05, 3.63) is 40.7 Å². The van der Waals surface area contributed by atoms with Crippen molar-refractivity contribution < 1.29 is 27.5 Å². The molecular formula is C26H34N4O6S. The van der Waals surface area contributed by atoms with Crippen LogP contribution in [0.1, 0.15) is 59.4 Å². The molecule has 0 atom stereocenters. The van der Waals surface area contributed by atoms with Gasteiger partial charge in [0.15, 0.2) is 11.5 Å². The number of carbonyl (C=O) groups excluding carboxylic acids is 2. The van der Waals surface area contributed by atoms with E-state index in [0.717, 1.165) is 24.8 Å². The smallest absolute Gasteiger partial charge is 0.257 e. The Hall–Kier alpha value is -3.05. The summed E-state index contributed by atoms with van der Waals surface area (Å²) in [6.45, 7) is 5.75. The lowest BCUT2D eigenvalue weighted by atomic mass is 9.97. The van der Waals surface area contributed by atoms with Crippen LogP contribution in [0.4, 0.5) is 0 Å². The fourth-order valence-corrected chi connectivity index (χ4v) is 7.35. The van der Waals surface area contributed by atoms with E-state index in [4.69, 9.17) is 9.47 Å². The van der Waals surface area contributed by atoms with Crippen LogP contribution in [0.5, 0.6) is 11.5 Å². The molecule has 2 aromatic rings. The highest BCUT2D eigenvalue weighted by molar-refractivity contribution is 7.89. The van der Waals surface area contributed by atoms with Crippen molar-refractivity contribution in [3.8, 4) is 11.5 Å². The maximum atomic E-state index is 13.7. The van der Waals surface area contributed by atoms with Gasteiger partial charge in [0.05, 0.1) is 5.56 Å². The van der Waals surface area contributed by atoms with Crippen LogP contribution in [0, 0.1) is 19.8 Å². The molecule has 3 aliphatic rings. The number of aromatic amines is 1. The molecule has 1 aromatic heterocycles. The first-order valence-corrected chi connectivity index (χ1v) is 14.3. The number of nitrogens with zero attached hydrogens (tertiary/aromatic N) is 2. The number of rotatable bonds is 6. The van der Waals surface area contributed by atoms with Crippen LogP contribution in [0.15, 0.2) is 23.1 Å². The van der Waals surface area contributed by atoms with Crippen LogP contribution in [0.3, 0.4) is 0 Å². The average molecular weight is 531 g/mol. The first-order chi connectivity index (χ1) is 17.8. The minimum Gasteiger partial charge on any atom is -0.454 e. The van der Waals surface area contributed by atoms with E-state index in [1.54, 1.807) is 18.7 Å². The number of hydrogen-bond donors (Lipinski definition) is 2. The molecule has 0 saturated carbocycles. The summed E-state index contributed by atoms with van der Waals surface area (Å²) in [5, 5.41) is 2.96. The summed E-state index contributed by atoms with van der Waals surface area (Å²) in [5.41, 5.74) is 2.20. The molecule has 37 heavy (non-hydrogen) atoms. The van der Waals surface area contributed by atoms with Gasteiger partial charge in [0.25, 0.3) is 5.91 Å². The minimum absolute atomic E-state index is 0.0753. The Kier molecular flexibility index (Phi) is 7.17. The van der Waals surface area contributed by atoms with Gasteiger partial charge in [-0.1, -0.05) is 6.07 Å². The largest absolute Gasteiger partial charge is 0.454 e. The zero-order chi connectivity index (χ0) is 26.2. The number of carbonyl (C=O) groups is 2. The molecule has 5 rings (SSSR count). The molecule has 0 radical (unpaired) electrons. The third-order valence-electron chi connectivity index (χ3n) is 7.50. The van der Waals surface area contributed by atoms with Gasteiger partial charge in [-0.2, -0.15) is 4.31 Å². The number of aromatic nitrogens is 1. The van der Waals surface area contributed by atoms with E-state index in [1.165, 1.54) is 4.31 Å². The van der Waals surface area contributed by atoms with Gasteiger partial charge in [0.1, 0.15) is 4.90 Å². The molecular weight excluding hydrogens is 496 g/mol. The van der Waals surface area contributed by atoms with Gasteiger partial charge in [-0.3, -0.25) is 9.59 Å². The normalized spacial score (nSPS) is 18.7. The van der Waals surface area contributed by atoms with E-state index in [1.807, 2.05) is 18.2 Å². The van der Waals surface area contributed by atoms with Gasteiger partial charge in [0.2, 0.25) is 22.7 Å². The topological polar surface area (TPSA) is 121 Å². The average Bonchev–Trinajstić information content (AvgIpc) is 3.50. The standard InChI is InChI=1S/C26H34N4O6S/c1-17-23(26(32)29-10-4-3-5-11-29)24(18(2)28-17)37(33,34)30-12-8-20(9-13-30)25(31)27-15-19-6-7-21-22(14-19)36-16-35-21/h6-7,14,20,28H,3-5,8-13,15-16H2,1-2H3,(H,27,31). The van der Waals surface area contributed by atoms with Crippen LogP contribution in [-0.2, 0) is 21.4 Å². The van der Waals surface area contributed by atoms with Crippen molar-refractivity contribution in [1.29, 1.82) is 0 Å². The molecule has 2 saturated heterocycles. The fraction of sp³-hybridized carbons (Fsp3) is 0.538. The zero-order valence-electron chi connectivity index (χ0n) is 21.3. The Balaban J connectivity index is 1.23. The molecule has 10 nitrogen and oxygen atoms in total. The summed E-state index contributed by atoms with van der Waals surface area (Å²) >= 11 is 0. The number of H-pyrrole nitrogens is 1. The van der Waals surface area contributed by atoms with E-state index in [2.05, 4.69) is 10.3 Å². The number of aryl methyl sites for hydroxylation is 2. The highest BCUT2D eigenvalue weighted by atomic mass is 32.2. The number of hydrogen-bond acceptors (Lipinski definition) is 6. The number of likely N-dealkylation sites (tertiary alicyclic amines) is 1. The number of amides is 2. The predicted octanol–water partition coefficient (Wildman–Crippen LogP) is 2.70. The lowest BCUT2D eigenvalue weighted by Gasteiger charge is -2.31. The number of fused-ring (bicyclic) bond motifs is 1. The predicted molar refractivity (Wildman–Crippen MR) is 136 cm³/mol. The summed E-state index contributed by atoms with van der Waals surface area (Å²) in [4.78, 5) is 31.1. The minimum atomic E-state index is -3.90. The van der Waals surface area contributed by atoms with Crippen LogP contribution >= 0.6 is 0 Å². The molecule has 3 aliphatic heterocycles. The maximum Gasteiger partial charge on any atom is 0.257 e. The number of piperidine rings is 2. The van der Waals surface area contributed by atoms with E-state index < -0.39 is 10.0 Å². The van der Waals surface area contributed by atoms with Crippen molar-refractivity contribution in [3.63, 3.8) is 0 Å². The van der Waals surface area contributed by atoms with Gasteiger partial charge >= 0.3 is 0 Å². The second-order valence-corrected chi connectivity index (χ2v) is 11.9. The highest BCUT2D eigenvalue weighted by Gasteiger charge is 2.38. The van der Waals surface area contributed by atoms with Gasteiger partial charge in [0, 0.05) is 50.0 Å². The summed E-state index contributed by atoms with van der Waals surface area (Å²) in [6.07, 6.45) is 3.79. The van der Waals surface area contributed by atoms with Gasteiger partial charge in [-0.15, -0.1) is 0 Å². The van der Waals surface area contributed by atoms with Gasteiger partial charge in [-0.25, -0.2) is 8.42 Å². The first kappa shape index (κ1) is 25.6.